The molecule has 1 saturated carbocycles. The molecule has 1 aliphatic carbocycles. The van der Waals surface area contributed by atoms with Gasteiger partial charge in [-0.05, 0) is 24.4 Å². The molecule has 0 amide bonds. The quantitative estimate of drug-likeness (QED) is 0.539. The van der Waals surface area contributed by atoms with Crippen LogP contribution in [0.15, 0.2) is 0 Å². The van der Waals surface area contributed by atoms with E-state index in [1.807, 2.05) is 0 Å². The Morgan fingerprint density at radius 1 is 1.33 bits per heavy atom. The van der Waals surface area contributed by atoms with Crippen LogP contribution in [-0.4, -0.2) is 28.8 Å². The lowest BCUT2D eigenvalue weighted by atomic mass is 10.5. The minimum atomic E-state index is -0.985. The van der Waals surface area contributed by atoms with Gasteiger partial charge in [-0.1, -0.05) is 0 Å². The van der Waals surface area contributed by atoms with Crippen molar-refractivity contribution >= 4 is 14.6 Å². The van der Waals surface area contributed by atoms with Crippen LogP contribution in [0.25, 0.3) is 0 Å². The van der Waals surface area contributed by atoms with Gasteiger partial charge in [-0.15, -0.1) is 0 Å². The maximum Gasteiger partial charge on any atom is 0.475 e. The third-order valence-electron chi connectivity index (χ3n) is 1.40. The highest BCUT2D eigenvalue weighted by Gasteiger charge is 2.20. The van der Waals surface area contributed by atoms with E-state index >= 15 is 0 Å². The van der Waals surface area contributed by atoms with Gasteiger partial charge in [-0.3, -0.25) is 0 Å². The Balaban J connectivity index is 2.32. The van der Waals surface area contributed by atoms with E-state index in [1.165, 1.54) is 12.8 Å². The SMILES string of the molecule is CO[Si](=CC1CC1)OC. The van der Waals surface area contributed by atoms with Crippen molar-refractivity contribution in [2.75, 3.05) is 14.2 Å². The summed E-state index contributed by atoms with van der Waals surface area (Å²) < 4.78 is 10.1. The molecule has 0 aromatic rings. The highest BCUT2D eigenvalue weighted by atomic mass is 28.3. The zero-order chi connectivity index (χ0) is 6.69. The molecule has 3 heteroatoms. The molecular formula is C6H12O2Si. The van der Waals surface area contributed by atoms with Crippen molar-refractivity contribution in [2.45, 2.75) is 12.8 Å². The molecule has 0 unspecified atom stereocenters. The van der Waals surface area contributed by atoms with Gasteiger partial charge in [0.1, 0.15) is 0 Å². The Kier molecular flexibility index (Phi) is 2.27. The van der Waals surface area contributed by atoms with Gasteiger partial charge >= 0.3 is 8.90 Å². The fourth-order valence-corrected chi connectivity index (χ4v) is 1.83. The van der Waals surface area contributed by atoms with Gasteiger partial charge in [0, 0.05) is 0 Å². The Morgan fingerprint density at radius 2 is 1.89 bits per heavy atom. The van der Waals surface area contributed by atoms with Crippen LogP contribution in [-0.2, 0) is 8.85 Å². The summed E-state index contributed by atoms with van der Waals surface area (Å²) in [7, 11) is 2.42. The second-order valence-corrected chi connectivity index (χ2v) is 4.02. The van der Waals surface area contributed by atoms with E-state index in [0.29, 0.717) is 0 Å². The molecule has 9 heavy (non-hydrogen) atoms. The van der Waals surface area contributed by atoms with Crippen molar-refractivity contribution in [1.29, 1.82) is 0 Å². The third kappa shape index (κ3) is 2.18. The van der Waals surface area contributed by atoms with Crippen LogP contribution >= 0.6 is 0 Å². The van der Waals surface area contributed by atoms with Crippen LogP contribution in [0.2, 0.25) is 0 Å². The summed E-state index contributed by atoms with van der Waals surface area (Å²) in [5, 5.41) is 0. The van der Waals surface area contributed by atoms with Crippen molar-refractivity contribution in [1.82, 2.24) is 0 Å². The fraction of sp³-hybridized carbons (Fsp3) is 0.833. The van der Waals surface area contributed by atoms with Gasteiger partial charge in [-0.2, -0.15) is 0 Å². The first-order valence-corrected chi connectivity index (χ1v) is 4.56. The Morgan fingerprint density at radius 3 is 2.22 bits per heavy atom. The topological polar surface area (TPSA) is 18.5 Å². The molecule has 0 radical (unpaired) electrons. The standard InChI is InChI=1S/C6H12O2Si/c1-7-9(8-2)5-6-3-4-6/h5-6H,3-4H2,1-2H3. The summed E-state index contributed by atoms with van der Waals surface area (Å²) in [6.45, 7) is 0. The van der Waals surface area contributed by atoms with Crippen molar-refractivity contribution < 1.29 is 8.85 Å². The Hall–Kier alpha value is -0.313. The first-order chi connectivity index (χ1) is 4.36. The van der Waals surface area contributed by atoms with E-state index in [1.54, 1.807) is 14.2 Å². The third-order valence-corrected chi connectivity index (χ3v) is 2.94. The minimum Gasteiger partial charge on any atom is -0.526 e. The van der Waals surface area contributed by atoms with Gasteiger partial charge in [0.25, 0.3) is 0 Å². The number of rotatable bonds is 3. The molecule has 1 aliphatic rings. The van der Waals surface area contributed by atoms with E-state index in [-0.39, 0.29) is 0 Å². The van der Waals surface area contributed by atoms with Crippen LogP contribution in [0.4, 0.5) is 0 Å². The molecule has 1 rings (SSSR count). The molecule has 0 atom stereocenters. The Bertz CT molecular complexity index is 112. The predicted molar refractivity (Wildman–Crippen MR) is 38.6 cm³/mol. The molecule has 0 N–H and O–H groups in total. The van der Waals surface area contributed by atoms with E-state index in [2.05, 4.69) is 5.67 Å². The largest absolute Gasteiger partial charge is 0.526 e. The van der Waals surface area contributed by atoms with Crippen LogP contribution in [0.3, 0.4) is 0 Å². The van der Waals surface area contributed by atoms with Gasteiger partial charge in [0.2, 0.25) is 0 Å². The normalized spacial score (nSPS) is 16.7. The molecule has 0 aromatic carbocycles. The average Bonchev–Trinajstić information content (AvgIpc) is 2.66. The summed E-state index contributed by atoms with van der Waals surface area (Å²) in [5.74, 6) is 0.804. The van der Waals surface area contributed by atoms with Gasteiger partial charge in [0.15, 0.2) is 0 Å². The summed E-state index contributed by atoms with van der Waals surface area (Å²) in [6, 6.07) is 0. The van der Waals surface area contributed by atoms with E-state index in [0.717, 1.165) is 5.92 Å². The van der Waals surface area contributed by atoms with Gasteiger partial charge < -0.3 is 8.85 Å². The predicted octanol–water partition coefficient (Wildman–Crippen LogP) is 0.561. The van der Waals surface area contributed by atoms with Crippen molar-refractivity contribution in [3.63, 3.8) is 0 Å². The molecule has 0 aromatic heterocycles. The van der Waals surface area contributed by atoms with Crippen molar-refractivity contribution in [3.8, 4) is 0 Å². The number of hydrogen-bond donors (Lipinski definition) is 0. The lowest BCUT2D eigenvalue weighted by Crippen LogP contribution is -2.12. The van der Waals surface area contributed by atoms with Crippen LogP contribution in [0, 0.1) is 5.92 Å². The zero-order valence-corrected chi connectivity index (χ0v) is 6.89. The highest BCUT2D eigenvalue weighted by molar-refractivity contribution is 6.54. The molecule has 52 valence electrons. The monoisotopic (exact) mass is 144 g/mol. The van der Waals surface area contributed by atoms with E-state index in [4.69, 9.17) is 8.85 Å². The molecular weight excluding hydrogens is 132 g/mol. The second-order valence-electron chi connectivity index (χ2n) is 2.23. The van der Waals surface area contributed by atoms with Crippen LogP contribution < -0.4 is 0 Å². The highest BCUT2D eigenvalue weighted by Crippen LogP contribution is 2.26. The minimum absolute atomic E-state index is 0.804. The maximum atomic E-state index is 5.07. The number of hydrogen-bond acceptors (Lipinski definition) is 2. The lowest BCUT2D eigenvalue weighted by Gasteiger charge is -1.99. The fourth-order valence-electron chi connectivity index (χ4n) is 0.675. The maximum absolute atomic E-state index is 5.07. The van der Waals surface area contributed by atoms with Gasteiger partial charge in [0.05, 0.1) is 14.2 Å². The van der Waals surface area contributed by atoms with Crippen LogP contribution in [0.5, 0.6) is 0 Å². The zero-order valence-electron chi connectivity index (χ0n) is 5.89. The average molecular weight is 144 g/mol. The van der Waals surface area contributed by atoms with Crippen molar-refractivity contribution in [3.05, 3.63) is 0 Å². The summed E-state index contributed by atoms with van der Waals surface area (Å²) in [4.78, 5) is 0. The second kappa shape index (κ2) is 3.01. The molecule has 0 spiro atoms. The lowest BCUT2D eigenvalue weighted by molar-refractivity contribution is 0.302. The first-order valence-electron chi connectivity index (χ1n) is 3.16. The smallest absolute Gasteiger partial charge is 0.475 e. The molecule has 0 bridgehead atoms. The molecule has 0 aliphatic heterocycles. The van der Waals surface area contributed by atoms with Gasteiger partial charge in [-0.25, -0.2) is 0 Å². The Labute approximate surface area is 57.2 Å². The van der Waals surface area contributed by atoms with Crippen molar-refractivity contribution in [2.24, 2.45) is 5.92 Å². The first kappa shape index (κ1) is 6.80. The summed E-state index contributed by atoms with van der Waals surface area (Å²) >= 11 is 0. The summed E-state index contributed by atoms with van der Waals surface area (Å²) in [6.07, 6.45) is 2.67. The summed E-state index contributed by atoms with van der Waals surface area (Å²) in [5.41, 5.74) is 2.21. The molecule has 0 heterocycles. The molecule has 2 nitrogen and oxygen atoms in total. The van der Waals surface area contributed by atoms with Crippen LogP contribution in [0.1, 0.15) is 12.8 Å². The van der Waals surface area contributed by atoms with E-state index < -0.39 is 8.90 Å². The van der Waals surface area contributed by atoms with E-state index in [9.17, 15) is 0 Å². The molecule has 0 saturated heterocycles. The molecule has 1 fully saturated rings.